The smallest absolute Gasteiger partial charge is 0.314 e. The Labute approximate surface area is 142 Å². The molecule has 3 N–H and O–H groups in total. The predicted octanol–water partition coefficient (Wildman–Crippen LogP) is 2.10. The van der Waals surface area contributed by atoms with Crippen molar-refractivity contribution in [3.63, 3.8) is 0 Å². The molecule has 1 atom stereocenters. The molecule has 0 spiro atoms. The van der Waals surface area contributed by atoms with Gasteiger partial charge in [-0.15, -0.1) is 11.3 Å². The van der Waals surface area contributed by atoms with E-state index in [4.69, 9.17) is 0 Å². The maximum atomic E-state index is 11.9. The molecule has 0 bridgehead atoms. The van der Waals surface area contributed by atoms with Gasteiger partial charge in [-0.05, 0) is 43.2 Å². The van der Waals surface area contributed by atoms with Crippen molar-refractivity contribution in [2.45, 2.75) is 57.2 Å². The number of carbonyl (C=O) groups excluding carboxylic acids is 1. The van der Waals surface area contributed by atoms with E-state index in [1.54, 1.807) is 0 Å². The summed E-state index contributed by atoms with van der Waals surface area (Å²) in [5.74, 6) is 0. The average molecular weight is 337 g/mol. The molecule has 3 rings (SSSR count). The predicted molar refractivity (Wildman–Crippen MR) is 92.7 cm³/mol. The quantitative estimate of drug-likeness (QED) is 0.771. The van der Waals surface area contributed by atoms with Crippen LogP contribution in [0.4, 0.5) is 4.79 Å². The number of fused-ring (bicyclic) bond motifs is 1. The van der Waals surface area contributed by atoms with Gasteiger partial charge in [0.1, 0.15) is 0 Å². The summed E-state index contributed by atoms with van der Waals surface area (Å²) in [6.07, 6.45) is 4.80. The SMILES string of the molecule is CC(CNC(=O)NCC1(O)CCCC1)N1CCc2sccc2C1. The molecule has 1 fully saturated rings. The van der Waals surface area contributed by atoms with Crippen LogP contribution in [0.3, 0.4) is 0 Å². The first kappa shape index (κ1) is 16.7. The van der Waals surface area contributed by atoms with E-state index >= 15 is 0 Å². The number of aliphatic hydroxyl groups is 1. The Bertz CT molecular complexity index is 540. The van der Waals surface area contributed by atoms with Crippen molar-refractivity contribution in [2.75, 3.05) is 19.6 Å². The molecule has 23 heavy (non-hydrogen) atoms. The molecule has 2 aliphatic rings. The highest BCUT2D eigenvalue weighted by atomic mass is 32.1. The fraction of sp³-hybridized carbons (Fsp3) is 0.706. The summed E-state index contributed by atoms with van der Waals surface area (Å²) >= 11 is 1.85. The van der Waals surface area contributed by atoms with Gasteiger partial charge in [-0.2, -0.15) is 0 Å². The molecular weight excluding hydrogens is 310 g/mol. The molecule has 1 aromatic heterocycles. The first-order chi connectivity index (χ1) is 11.1. The Hall–Kier alpha value is -1.11. The third-order valence-corrected chi connectivity index (χ3v) is 6.15. The Morgan fingerprint density at radius 2 is 2.22 bits per heavy atom. The molecule has 1 saturated carbocycles. The average Bonchev–Trinajstić information content (AvgIpc) is 3.19. The van der Waals surface area contributed by atoms with Crippen LogP contribution in [0.1, 0.15) is 43.0 Å². The van der Waals surface area contributed by atoms with Crippen LogP contribution in [0.5, 0.6) is 0 Å². The Balaban J connectivity index is 1.39. The summed E-state index contributed by atoms with van der Waals surface area (Å²) in [7, 11) is 0. The molecule has 0 saturated heterocycles. The van der Waals surface area contributed by atoms with Gasteiger partial charge in [-0.25, -0.2) is 4.79 Å². The van der Waals surface area contributed by atoms with Gasteiger partial charge in [0.2, 0.25) is 0 Å². The first-order valence-corrected chi connectivity index (χ1v) is 9.47. The second kappa shape index (κ2) is 7.20. The van der Waals surface area contributed by atoms with Crippen LogP contribution >= 0.6 is 11.3 Å². The van der Waals surface area contributed by atoms with E-state index in [1.807, 2.05) is 11.3 Å². The van der Waals surface area contributed by atoms with E-state index in [2.05, 4.69) is 33.9 Å². The number of carbonyl (C=O) groups is 1. The van der Waals surface area contributed by atoms with Gasteiger partial charge in [0, 0.05) is 37.1 Å². The van der Waals surface area contributed by atoms with E-state index in [0.717, 1.165) is 45.2 Å². The number of amides is 2. The lowest BCUT2D eigenvalue weighted by Crippen LogP contribution is -2.49. The summed E-state index contributed by atoms with van der Waals surface area (Å²) < 4.78 is 0. The van der Waals surface area contributed by atoms with E-state index in [-0.39, 0.29) is 6.03 Å². The maximum absolute atomic E-state index is 11.9. The Kier molecular flexibility index (Phi) is 5.24. The van der Waals surface area contributed by atoms with Gasteiger partial charge in [0.25, 0.3) is 0 Å². The molecule has 1 aliphatic heterocycles. The fourth-order valence-electron chi connectivity index (χ4n) is 3.53. The fourth-order valence-corrected chi connectivity index (χ4v) is 4.42. The highest BCUT2D eigenvalue weighted by molar-refractivity contribution is 7.10. The van der Waals surface area contributed by atoms with Crippen LogP contribution in [0.15, 0.2) is 11.4 Å². The standard InChI is InChI=1S/C17H27N3O2S/c1-13(20-8-4-15-14(11-20)5-9-23-15)10-18-16(21)19-12-17(22)6-2-3-7-17/h5,9,13,22H,2-4,6-8,10-12H2,1H3,(H2,18,19,21). The van der Waals surface area contributed by atoms with E-state index in [1.165, 1.54) is 10.4 Å². The number of hydrogen-bond donors (Lipinski definition) is 3. The van der Waals surface area contributed by atoms with E-state index in [9.17, 15) is 9.90 Å². The van der Waals surface area contributed by atoms with Gasteiger partial charge >= 0.3 is 6.03 Å². The molecular formula is C17H27N3O2S. The summed E-state index contributed by atoms with van der Waals surface area (Å²) in [5.41, 5.74) is 0.742. The second-order valence-corrected chi connectivity index (χ2v) is 7.93. The zero-order valence-electron chi connectivity index (χ0n) is 13.8. The van der Waals surface area contributed by atoms with Crippen molar-refractivity contribution < 1.29 is 9.90 Å². The van der Waals surface area contributed by atoms with Crippen LogP contribution < -0.4 is 10.6 Å². The summed E-state index contributed by atoms with van der Waals surface area (Å²) in [6.45, 7) is 5.17. The topological polar surface area (TPSA) is 64.6 Å². The molecule has 0 aromatic carbocycles. The summed E-state index contributed by atoms with van der Waals surface area (Å²) in [6, 6.07) is 2.34. The molecule has 1 unspecified atom stereocenters. The highest BCUT2D eigenvalue weighted by Gasteiger charge is 2.31. The van der Waals surface area contributed by atoms with Crippen molar-refractivity contribution in [3.05, 3.63) is 21.9 Å². The van der Waals surface area contributed by atoms with Crippen LogP contribution in [-0.4, -0.2) is 47.3 Å². The third kappa shape index (κ3) is 4.25. The zero-order chi connectivity index (χ0) is 16.3. The highest BCUT2D eigenvalue weighted by Crippen LogP contribution is 2.28. The largest absolute Gasteiger partial charge is 0.388 e. The lowest BCUT2D eigenvalue weighted by atomic mass is 10.0. The lowest BCUT2D eigenvalue weighted by Gasteiger charge is -2.32. The summed E-state index contributed by atoms with van der Waals surface area (Å²) in [4.78, 5) is 15.9. The summed E-state index contributed by atoms with van der Waals surface area (Å²) in [5, 5.41) is 18.2. The van der Waals surface area contributed by atoms with Gasteiger partial charge in [-0.1, -0.05) is 12.8 Å². The van der Waals surface area contributed by atoms with Gasteiger partial charge in [0.15, 0.2) is 0 Å². The van der Waals surface area contributed by atoms with Gasteiger partial charge < -0.3 is 15.7 Å². The first-order valence-electron chi connectivity index (χ1n) is 8.59. The van der Waals surface area contributed by atoms with Crippen LogP contribution in [-0.2, 0) is 13.0 Å². The monoisotopic (exact) mass is 337 g/mol. The number of urea groups is 1. The third-order valence-electron chi connectivity index (χ3n) is 5.13. The van der Waals surface area contributed by atoms with E-state index in [0.29, 0.717) is 19.1 Å². The number of thiophene rings is 1. The minimum absolute atomic E-state index is 0.176. The van der Waals surface area contributed by atoms with Crippen molar-refractivity contribution in [1.82, 2.24) is 15.5 Å². The van der Waals surface area contributed by atoms with Crippen LogP contribution in [0, 0.1) is 0 Å². The molecule has 5 nitrogen and oxygen atoms in total. The Morgan fingerprint density at radius 1 is 1.43 bits per heavy atom. The molecule has 6 heteroatoms. The maximum Gasteiger partial charge on any atom is 0.314 e. The van der Waals surface area contributed by atoms with E-state index < -0.39 is 5.60 Å². The Morgan fingerprint density at radius 3 is 3.00 bits per heavy atom. The molecule has 1 aliphatic carbocycles. The van der Waals surface area contributed by atoms with Crippen molar-refractivity contribution in [2.24, 2.45) is 0 Å². The second-order valence-electron chi connectivity index (χ2n) is 6.93. The zero-order valence-corrected chi connectivity index (χ0v) is 14.6. The lowest BCUT2D eigenvalue weighted by molar-refractivity contribution is 0.0500. The van der Waals surface area contributed by atoms with Crippen molar-refractivity contribution in [1.29, 1.82) is 0 Å². The minimum atomic E-state index is -0.689. The molecule has 128 valence electrons. The number of nitrogens with one attached hydrogen (secondary N) is 2. The molecule has 2 amide bonds. The molecule has 0 radical (unpaired) electrons. The van der Waals surface area contributed by atoms with Crippen molar-refractivity contribution in [3.8, 4) is 0 Å². The number of rotatable bonds is 5. The minimum Gasteiger partial charge on any atom is -0.388 e. The van der Waals surface area contributed by atoms with Crippen LogP contribution in [0.25, 0.3) is 0 Å². The van der Waals surface area contributed by atoms with Crippen molar-refractivity contribution >= 4 is 17.4 Å². The van der Waals surface area contributed by atoms with Crippen LogP contribution in [0.2, 0.25) is 0 Å². The van der Waals surface area contributed by atoms with Gasteiger partial charge in [-0.3, -0.25) is 4.90 Å². The number of hydrogen-bond acceptors (Lipinski definition) is 4. The van der Waals surface area contributed by atoms with Gasteiger partial charge in [0.05, 0.1) is 5.60 Å². The molecule has 2 heterocycles. The normalized spacial score (nSPS) is 21.7. The number of nitrogens with zero attached hydrogens (tertiary/aromatic N) is 1. The molecule has 1 aromatic rings.